The number of benzene rings is 3. The first kappa shape index (κ1) is 12.4. The van der Waals surface area contributed by atoms with Crippen molar-refractivity contribution in [1.29, 1.82) is 0 Å². The lowest BCUT2D eigenvalue weighted by molar-refractivity contribution is 1.21. The summed E-state index contributed by atoms with van der Waals surface area (Å²) in [4.78, 5) is 17.3. The molecule has 0 spiro atoms. The summed E-state index contributed by atoms with van der Waals surface area (Å²) in [5.74, 6) is 0. The zero-order chi connectivity index (χ0) is 15.6. The molecule has 3 heteroatoms. The molecule has 3 nitrogen and oxygen atoms in total. The van der Waals surface area contributed by atoms with E-state index in [-0.39, 0.29) is 5.56 Å². The number of fused-ring (bicyclic) bond motifs is 5. The van der Waals surface area contributed by atoms with E-state index in [0.717, 1.165) is 43.7 Å². The van der Waals surface area contributed by atoms with Gasteiger partial charge in [0.15, 0.2) is 0 Å². The van der Waals surface area contributed by atoms with Gasteiger partial charge in [0.2, 0.25) is 0 Å². The van der Waals surface area contributed by atoms with Crippen molar-refractivity contribution < 1.29 is 0 Å². The molecule has 0 radical (unpaired) electrons. The highest BCUT2D eigenvalue weighted by molar-refractivity contribution is 6.23. The smallest absolute Gasteiger partial charge is 0.263 e. The summed E-state index contributed by atoms with van der Waals surface area (Å²) < 4.78 is 1.82. The summed E-state index contributed by atoms with van der Waals surface area (Å²) in [6.07, 6.45) is 0. The Balaban J connectivity index is 2.31. The van der Waals surface area contributed by atoms with Crippen LogP contribution in [0.2, 0.25) is 0 Å². The van der Waals surface area contributed by atoms with Gasteiger partial charge in [-0.2, -0.15) is 0 Å². The third kappa shape index (κ3) is 1.39. The molecular formula is C20H12N2O. The SMILES string of the molecule is C=Nc1ccc2c3ccccc3c(=O)n3c4ccccc4c1c23. The van der Waals surface area contributed by atoms with E-state index in [0.29, 0.717) is 0 Å². The maximum Gasteiger partial charge on any atom is 0.263 e. The standard InChI is InChI=1S/C20H12N2O/c1-21-16-11-10-13-12-6-2-3-7-14(12)20(23)22-17-9-5-4-8-15(17)18(16)19(13)22/h2-11H,1H2. The van der Waals surface area contributed by atoms with Gasteiger partial charge in [0.25, 0.3) is 5.56 Å². The molecule has 2 heterocycles. The van der Waals surface area contributed by atoms with Crippen LogP contribution >= 0.6 is 0 Å². The number of aromatic nitrogens is 1. The van der Waals surface area contributed by atoms with Crippen LogP contribution in [-0.4, -0.2) is 11.1 Å². The number of rotatable bonds is 1. The second-order valence-corrected chi connectivity index (χ2v) is 5.72. The second kappa shape index (κ2) is 4.17. The minimum Gasteiger partial charge on any atom is -0.275 e. The lowest BCUT2D eigenvalue weighted by Gasteiger charge is -2.07. The van der Waals surface area contributed by atoms with Gasteiger partial charge >= 0.3 is 0 Å². The van der Waals surface area contributed by atoms with Gasteiger partial charge < -0.3 is 0 Å². The average molecular weight is 296 g/mol. The number of aliphatic imine (C=N–C) groups is 1. The Morgan fingerprint density at radius 2 is 1.48 bits per heavy atom. The molecular weight excluding hydrogens is 284 g/mol. The molecule has 5 rings (SSSR count). The molecule has 108 valence electrons. The number of nitrogens with zero attached hydrogens (tertiary/aromatic N) is 2. The number of para-hydroxylation sites is 1. The van der Waals surface area contributed by atoms with Crippen molar-refractivity contribution in [2.75, 3.05) is 0 Å². The van der Waals surface area contributed by atoms with Crippen LogP contribution in [0, 0.1) is 0 Å². The fourth-order valence-electron chi connectivity index (χ4n) is 3.66. The maximum absolute atomic E-state index is 13.1. The van der Waals surface area contributed by atoms with Crippen LogP contribution in [0.4, 0.5) is 5.69 Å². The van der Waals surface area contributed by atoms with Crippen molar-refractivity contribution in [3.63, 3.8) is 0 Å². The fraction of sp³-hybridized carbons (Fsp3) is 0. The average Bonchev–Trinajstić information content (AvgIpc) is 2.96. The first-order chi connectivity index (χ1) is 11.3. The van der Waals surface area contributed by atoms with Crippen molar-refractivity contribution in [2.45, 2.75) is 0 Å². The van der Waals surface area contributed by atoms with Gasteiger partial charge in [-0.25, -0.2) is 0 Å². The van der Waals surface area contributed by atoms with Gasteiger partial charge in [-0.15, -0.1) is 0 Å². The monoisotopic (exact) mass is 296 g/mol. The van der Waals surface area contributed by atoms with E-state index >= 15 is 0 Å². The van der Waals surface area contributed by atoms with E-state index in [1.54, 1.807) is 0 Å². The Kier molecular flexibility index (Phi) is 2.24. The summed E-state index contributed by atoms with van der Waals surface area (Å²) in [5, 5.41) is 4.82. The highest BCUT2D eigenvalue weighted by Crippen LogP contribution is 2.39. The van der Waals surface area contributed by atoms with Crippen molar-refractivity contribution in [3.8, 4) is 0 Å². The zero-order valence-electron chi connectivity index (χ0n) is 12.3. The van der Waals surface area contributed by atoms with Gasteiger partial charge in [0.05, 0.1) is 16.7 Å². The highest BCUT2D eigenvalue weighted by atomic mass is 16.1. The van der Waals surface area contributed by atoms with E-state index < -0.39 is 0 Å². The van der Waals surface area contributed by atoms with Crippen LogP contribution in [0.15, 0.2) is 70.5 Å². The Hall–Kier alpha value is -3.20. The van der Waals surface area contributed by atoms with E-state index in [9.17, 15) is 4.79 Å². The van der Waals surface area contributed by atoms with Crippen molar-refractivity contribution in [1.82, 2.24) is 4.40 Å². The van der Waals surface area contributed by atoms with Crippen LogP contribution in [0.3, 0.4) is 0 Å². The molecule has 0 bridgehead atoms. The van der Waals surface area contributed by atoms with E-state index in [1.165, 1.54) is 0 Å². The number of hydrogen-bond acceptors (Lipinski definition) is 2. The third-order valence-electron chi connectivity index (χ3n) is 4.61. The van der Waals surface area contributed by atoms with Crippen molar-refractivity contribution in [3.05, 3.63) is 71.0 Å². The summed E-state index contributed by atoms with van der Waals surface area (Å²) in [6, 6.07) is 19.8. The largest absolute Gasteiger partial charge is 0.275 e. The predicted molar refractivity (Wildman–Crippen MR) is 96.6 cm³/mol. The molecule has 0 atom stereocenters. The zero-order valence-corrected chi connectivity index (χ0v) is 12.3. The summed E-state index contributed by atoms with van der Waals surface area (Å²) in [6.45, 7) is 3.69. The molecule has 0 aliphatic heterocycles. The van der Waals surface area contributed by atoms with E-state index in [2.05, 4.69) is 11.7 Å². The van der Waals surface area contributed by atoms with Crippen molar-refractivity contribution >= 4 is 50.4 Å². The van der Waals surface area contributed by atoms with Crippen LogP contribution in [0.1, 0.15) is 0 Å². The van der Waals surface area contributed by atoms with Crippen molar-refractivity contribution in [2.24, 2.45) is 4.99 Å². The summed E-state index contributed by atoms with van der Waals surface area (Å²) in [5.41, 5.74) is 2.67. The molecule has 5 aromatic rings. The van der Waals surface area contributed by atoms with Gasteiger partial charge in [0.1, 0.15) is 0 Å². The fourth-order valence-corrected chi connectivity index (χ4v) is 3.66. The molecule has 0 aliphatic carbocycles. The van der Waals surface area contributed by atoms with E-state index in [1.807, 2.05) is 65.1 Å². The minimum atomic E-state index is 0.0144. The quantitative estimate of drug-likeness (QED) is 0.330. The third-order valence-corrected chi connectivity index (χ3v) is 4.61. The topological polar surface area (TPSA) is 33.8 Å². The Morgan fingerprint density at radius 1 is 0.783 bits per heavy atom. The Morgan fingerprint density at radius 3 is 2.26 bits per heavy atom. The van der Waals surface area contributed by atoms with Crippen LogP contribution in [-0.2, 0) is 0 Å². The summed E-state index contributed by atoms with van der Waals surface area (Å²) >= 11 is 0. The molecule has 0 saturated carbocycles. The molecule has 0 saturated heterocycles. The highest BCUT2D eigenvalue weighted by Gasteiger charge is 2.18. The molecule has 3 aromatic carbocycles. The van der Waals surface area contributed by atoms with Gasteiger partial charge in [-0.1, -0.05) is 42.5 Å². The normalized spacial score (nSPS) is 11.8. The lowest BCUT2D eigenvalue weighted by atomic mass is 10.0. The van der Waals surface area contributed by atoms with Gasteiger partial charge in [-0.3, -0.25) is 14.2 Å². The molecule has 23 heavy (non-hydrogen) atoms. The van der Waals surface area contributed by atoms with Gasteiger partial charge in [-0.05, 0) is 30.3 Å². The Bertz CT molecular complexity index is 1300. The number of hydrogen-bond donors (Lipinski definition) is 0. The van der Waals surface area contributed by atoms with E-state index in [4.69, 9.17) is 0 Å². The molecule has 2 aromatic heterocycles. The lowest BCUT2D eigenvalue weighted by Crippen LogP contribution is -2.12. The second-order valence-electron chi connectivity index (χ2n) is 5.72. The Labute approximate surface area is 131 Å². The summed E-state index contributed by atoms with van der Waals surface area (Å²) in [7, 11) is 0. The first-order valence-corrected chi connectivity index (χ1v) is 7.48. The minimum absolute atomic E-state index is 0.0144. The predicted octanol–water partition coefficient (Wildman–Crippen LogP) is 4.53. The molecule has 0 fully saturated rings. The molecule has 0 amide bonds. The first-order valence-electron chi connectivity index (χ1n) is 7.48. The number of pyridine rings is 1. The maximum atomic E-state index is 13.1. The molecule has 0 aliphatic rings. The molecule has 0 N–H and O–H groups in total. The van der Waals surface area contributed by atoms with Gasteiger partial charge in [0, 0.05) is 21.5 Å². The van der Waals surface area contributed by atoms with Crippen LogP contribution in [0.25, 0.3) is 38.0 Å². The molecule has 0 unspecified atom stereocenters. The van der Waals surface area contributed by atoms with Crippen LogP contribution < -0.4 is 5.56 Å². The van der Waals surface area contributed by atoms with Crippen LogP contribution in [0.5, 0.6) is 0 Å².